The molecule has 1 aromatic heterocycles. The largest absolute Gasteiger partial charge is 0.323 e. The van der Waals surface area contributed by atoms with Crippen LogP contribution < -0.4 is 5.73 Å². The second-order valence-electron chi connectivity index (χ2n) is 4.36. The molecule has 1 aromatic carbocycles. The Kier molecular flexibility index (Phi) is 5.01. The van der Waals surface area contributed by atoms with Crippen LogP contribution in [0.1, 0.15) is 35.5 Å². The lowest BCUT2D eigenvalue weighted by Crippen LogP contribution is -2.14. The molecule has 1 heterocycles. The maximum Gasteiger partial charge on any atom is 0.137 e. The van der Waals surface area contributed by atoms with E-state index in [1.54, 1.807) is 6.07 Å². The molecule has 6 heteroatoms. The number of rotatable bonds is 5. The summed E-state index contributed by atoms with van der Waals surface area (Å²) in [4.78, 5) is 0.998. The molecule has 0 saturated carbocycles. The summed E-state index contributed by atoms with van der Waals surface area (Å²) in [5.74, 6) is -0.263. The van der Waals surface area contributed by atoms with Crippen molar-refractivity contribution in [2.75, 3.05) is 0 Å². The summed E-state index contributed by atoms with van der Waals surface area (Å²) in [5, 5.41) is 4.11. The average Bonchev–Trinajstić information content (AvgIpc) is 2.84. The van der Waals surface area contributed by atoms with Crippen molar-refractivity contribution in [1.29, 1.82) is 0 Å². The fraction of sp³-hybridized carbons (Fsp3) is 0.385. The van der Waals surface area contributed by atoms with Crippen LogP contribution in [0.25, 0.3) is 0 Å². The van der Waals surface area contributed by atoms with Gasteiger partial charge in [0.25, 0.3) is 0 Å². The van der Waals surface area contributed by atoms with Gasteiger partial charge in [-0.25, -0.2) is 4.39 Å². The lowest BCUT2D eigenvalue weighted by Gasteiger charge is -2.12. The molecule has 0 aliphatic rings. The molecule has 0 fully saturated rings. The maximum atomic E-state index is 13.5. The first-order valence-corrected chi connectivity index (χ1v) is 7.69. The zero-order chi connectivity index (χ0) is 13.8. The standard InChI is InChI=1S/C13H15BrFN3S/c1-2-4-11-13(19-18-17-11)10(16)7-8-5-3-6-9(15)12(8)14/h3,5-6,10H,2,4,7,16H2,1H3. The number of hydrogen-bond donors (Lipinski definition) is 1. The number of aryl methyl sites for hydroxylation is 1. The summed E-state index contributed by atoms with van der Waals surface area (Å²) in [6.07, 6.45) is 2.46. The molecule has 102 valence electrons. The fourth-order valence-corrected chi connectivity index (χ4v) is 3.06. The molecule has 2 N–H and O–H groups in total. The Bertz CT molecular complexity index is 559. The highest BCUT2D eigenvalue weighted by Crippen LogP contribution is 2.27. The van der Waals surface area contributed by atoms with Gasteiger partial charge >= 0.3 is 0 Å². The summed E-state index contributed by atoms with van der Waals surface area (Å²) in [5.41, 5.74) is 8.04. The molecule has 3 nitrogen and oxygen atoms in total. The van der Waals surface area contributed by atoms with Gasteiger partial charge in [-0.05, 0) is 51.9 Å². The Morgan fingerprint density at radius 3 is 3.00 bits per heavy atom. The quantitative estimate of drug-likeness (QED) is 0.901. The predicted octanol–water partition coefficient (Wildman–Crippen LogP) is 3.63. The van der Waals surface area contributed by atoms with Crippen molar-refractivity contribution in [3.8, 4) is 0 Å². The molecule has 1 unspecified atom stereocenters. The van der Waals surface area contributed by atoms with Crippen LogP contribution in [0.3, 0.4) is 0 Å². The van der Waals surface area contributed by atoms with E-state index < -0.39 is 0 Å². The van der Waals surface area contributed by atoms with Crippen LogP contribution in [-0.2, 0) is 12.8 Å². The zero-order valence-electron chi connectivity index (χ0n) is 10.6. The second-order valence-corrected chi connectivity index (χ2v) is 5.94. The molecule has 0 aliphatic heterocycles. The SMILES string of the molecule is CCCc1nnsc1C(N)Cc1cccc(F)c1Br. The zero-order valence-corrected chi connectivity index (χ0v) is 13.0. The third-order valence-electron chi connectivity index (χ3n) is 2.88. The summed E-state index contributed by atoms with van der Waals surface area (Å²) in [6, 6.07) is 4.80. The summed E-state index contributed by atoms with van der Waals surface area (Å²) < 4.78 is 17.9. The molecule has 0 radical (unpaired) electrons. The van der Waals surface area contributed by atoms with E-state index in [1.807, 2.05) is 6.07 Å². The molecule has 2 rings (SSSR count). The third-order valence-corrected chi connectivity index (χ3v) is 4.67. The Hall–Kier alpha value is -0.850. The van der Waals surface area contributed by atoms with Crippen LogP contribution in [0.5, 0.6) is 0 Å². The van der Waals surface area contributed by atoms with E-state index in [1.165, 1.54) is 17.6 Å². The highest BCUT2D eigenvalue weighted by atomic mass is 79.9. The van der Waals surface area contributed by atoms with E-state index in [4.69, 9.17) is 5.73 Å². The number of halogens is 2. The Morgan fingerprint density at radius 2 is 2.26 bits per heavy atom. The van der Waals surface area contributed by atoms with E-state index in [-0.39, 0.29) is 11.9 Å². The van der Waals surface area contributed by atoms with Gasteiger partial charge < -0.3 is 5.73 Å². The minimum atomic E-state index is -0.263. The Morgan fingerprint density at radius 1 is 1.47 bits per heavy atom. The molecular formula is C13H15BrFN3S. The van der Waals surface area contributed by atoms with E-state index in [0.29, 0.717) is 10.9 Å². The summed E-state index contributed by atoms with van der Waals surface area (Å²) in [6.45, 7) is 2.10. The smallest absolute Gasteiger partial charge is 0.137 e. The van der Waals surface area contributed by atoms with Gasteiger partial charge in [-0.15, -0.1) is 5.10 Å². The van der Waals surface area contributed by atoms with Crippen LogP contribution in [0.2, 0.25) is 0 Å². The monoisotopic (exact) mass is 343 g/mol. The van der Waals surface area contributed by atoms with Crippen LogP contribution in [0.15, 0.2) is 22.7 Å². The van der Waals surface area contributed by atoms with Crippen molar-refractivity contribution in [3.05, 3.63) is 44.6 Å². The average molecular weight is 344 g/mol. The summed E-state index contributed by atoms with van der Waals surface area (Å²) in [7, 11) is 0. The lowest BCUT2D eigenvalue weighted by atomic mass is 10.0. The highest BCUT2D eigenvalue weighted by Gasteiger charge is 2.17. The molecule has 0 bridgehead atoms. The van der Waals surface area contributed by atoms with Gasteiger partial charge in [0, 0.05) is 6.04 Å². The van der Waals surface area contributed by atoms with Gasteiger partial charge in [0.05, 0.1) is 15.0 Å². The highest BCUT2D eigenvalue weighted by molar-refractivity contribution is 9.10. The van der Waals surface area contributed by atoms with Crippen molar-refractivity contribution in [3.63, 3.8) is 0 Å². The van der Waals surface area contributed by atoms with Crippen LogP contribution >= 0.6 is 27.5 Å². The van der Waals surface area contributed by atoms with Gasteiger partial charge in [0.2, 0.25) is 0 Å². The molecule has 0 aliphatic carbocycles. The van der Waals surface area contributed by atoms with Crippen molar-refractivity contribution >= 4 is 27.5 Å². The first kappa shape index (κ1) is 14.6. The number of hydrogen-bond acceptors (Lipinski definition) is 4. The van der Waals surface area contributed by atoms with E-state index in [9.17, 15) is 4.39 Å². The van der Waals surface area contributed by atoms with Crippen molar-refractivity contribution in [2.24, 2.45) is 5.73 Å². The molecule has 2 aromatic rings. The van der Waals surface area contributed by atoms with Gasteiger partial charge in [-0.3, -0.25) is 0 Å². The van der Waals surface area contributed by atoms with E-state index in [2.05, 4.69) is 32.4 Å². The van der Waals surface area contributed by atoms with Gasteiger partial charge in [0.1, 0.15) is 5.82 Å². The number of aromatic nitrogens is 2. The molecule has 0 amide bonds. The van der Waals surface area contributed by atoms with Crippen molar-refractivity contribution < 1.29 is 4.39 Å². The van der Waals surface area contributed by atoms with Crippen molar-refractivity contribution in [2.45, 2.75) is 32.2 Å². The predicted molar refractivity (Wildman–Crippen MR) is 78.6 cm³/mol. The van der Waals surface area contributed by atoms with Gasteiger partial charge in [-0.2, -0.15) is 0 Å². The maximum absolute atomic E-state index is 13.5. The van der Waals surface area contributed by atoms with Crippen LogP contribution in [0.4, 0.5) is 4.39 Å². The van der Waals surface area contributed by atoms with Crippen molar-refractivity contribution in [1.82, 2.24) is 9.59 Å². The Balaban J connectivity index is 2.18. The number of nitrogens with two attached hydrogens (primary N) is 1. The topological polar surface area (TPSA) is 51.8 Å². The molecule has 19 heavy (non-hydrogen) atoms. The Labute approximate surface area is 124 Å². The van der Waals surface area contributed by atoms with Crippen LogP contribution in [-0.4, -0.2) is 9.59 Å². The van der Waals surface area contributed by atoms with Gasteiger partial charge in [0.15, 0.2) is 0 Å². The summed E-state index contributed by atoms with van der Waals surface area (Å²) >= 11 is 4.59. The van der Waals surface area contributed by atoms with E-state index >= 15 is 0 Å². The van der Waals surface area contributed by atoms with Gasteiger partial charge in [-0.1, -0.05) is 30.0 Å². The molecule has 0 saturated heterocycles. The first-order valence-electron chi connectivity index (χ1n) is 6.13. The first-order chi connectivity index (χ1) is 9.13. The molecule has 1 atom stereocenters. The lowest BCUT2D eigenvalue weighted by molar-refractivity contribution is 0.614. The minimum absolute atomic E-state index is 0.195. The third kappa shape index (κ3) is 3.38. The number of nitrogens with zero attached hydrogens (tertiary/aromatic N) is 2. The fourth-order valence-electron chi connectivity index (χ4n) is 1.94. The minimum Gasteiger partial charge on any atom is -0.323 e. The molecular weight excluding hydrogens is 329 g/mol. The molecule has 0 spiro atoms. The van der Waals surface area contributed by atoms with Crippen LogP contribution in [0, 0.1) is 5.82 Å². The normalized spacial score (nSPS) is 12.6. The van der Waals surface area contributed by atoms with E-state index in [0.717, 1.165) is 29.0 Å². The second kappa shape index (κ2) is 6.54. The number of benzene rings is 1.